The summed E-state index contributed by atoms with van der Waals surface area (Å²) in [6.45, 7) is 5.32. The summed E-state index contributed by atoms with van der Waals surface area (Å²) in [4.78, 5) is 84.8. The molecule has 1 unspecified atom stereocenters. The van der Waals surface area contributed by atoms with Gasteiger partial charge in [0.15, 0.2) is 0 Å². The Balaban J connectivity index is 0.690. The van der Waals surface area contributed by atoms with Crippen molar-refractivity contribution in [2.45, 2.75) is 76.3 Å². The third kappa shape index (κ3) is 8.30. The number of hydrogen-bond acceptors (Lipinski definition) is 10. The molecule has 16 heteroatoms. The topological polar surface area (TPSA) is 193 Å². The standard InChI is InChI=1S/C49H55N9O7/c50-44(60)42-43(33-6-9-36(10-7-33)65-35-4-2-1-3-5-35)53-58-39(14-21-51-45(42)58)32-19-26-56(27-20-32)49(64)55-24-17-31(18-25-55)28-30-15-22-54(23-16-30)34-8-11-37-38(29-34)48(63)57(47(37)62)40-12-13-41(59)52-46(40)61/h1-11,29-32,39-40,51H,12-28H2,(H2,50,60)(H,52,59,61)/t39-,40?/m0/s1. The Morgan fingerprint density at radius 1 is 0.723 bits per heavy atom. The summed E-state index contributed by atoms with van der Waals surface area (Å²) >= 11 is 0. The first-order chi connectivity index (χ1) is 31.6. The first-order valence-corrected chi connectivity index (χ1v) is 23.2. The number of primary amides is 1. The summed E-state index contributed by atoms with van der Waals surface area (Å²) in [6.07, 6.45) is 8.00. The van der Waals surface area contributed by atoms with Crippen LogP contribution in [-0.4, -0.2) is 112 Å². The van der Waals surface area contributed by atoms with Gasteiger partial charge >= 0.3 is 6.03 Å². The summed E-state index contributed by atoms with van der Waals surface area (Å²) in [5.41, 5.74) is 9.21. The lowest BCUT2D eigenvalue weighted by Gasteiger charge is -2.42. The molecule has 338 valence electrons. The minimum atomic E-state index is -0.978. The number of ether oxygens (including phenoxy) is 1. The number of anilines is 2. The van der Waals surface area contributed by atoms with E-state index in [1.54, 1.807) is 12.1 Å². The molecule has 4 aromatic rings. The normalized spacial score (nSPS) is 22.1. The summed E-state index contributed by atoms with van der Waals surface area (Å²) in [6, 6.07) is 21.7. The van der Waals surface area contributed by atoms with Crippen molar-refractivity contribution in [1.82, 2.24) is 29.8 Å². The van der Waals surface area contributed by atoms with Gasteiger partial charge in [0.05, 0.1) is 17.2 Å². The van der Waals surface area contributed by atoms with Gasteiger partial charge in [-0.3, -0.25) is 34.2 Å². The molecule has 1 aromatic heterocycles. The average Bonchev–Trinajstić information content (AvgIpc) is 3.84. The molecule has 4 fully saturated rings. The van der Waals surface area contributed by atoms with Crippen LogP contribution in [0.5, 0.6) is 11.5 Å². The lowest BCUT2D eigenvalue weighted by Crippen LogP contribution is -2.54. The molecule has 7 amide bonds. The van der Waals surface area contributed by atoms with Crippen molar-refractivity contribution in [3.63, 3.8) is 0 Å². The number of amides is 7. The zero-order chi connectivity index (χ0) is 44.8. The molecule has 4 saturated heterocycles. The molecular formula is C49H55N9O7. The third-order valence-electron chi connectivity index (χ3n) is 14.6. The van der Waals surface area contributed by atoms with E-state index >= 15 is 0 Å². The van der Waals surface area contributed by atoms with Crippen LogP contribution >= 0.6 is 0 Å². The first-order valence-electron chi connectivity index (χ1n) is 23.2. The molecule has 16 nitrogen and oxygen atoms in total. The van der Waals surface area contributed by atoms with Crippen LogP contribution in [0, 0.1) is 17.8 Å². The summed E-state index contributed by atoms with van der Waals surface area (Å²) < 4.78 is 7.95. The number of carbonyl (C=O) groups is 6. The smallest absolute Gasteiger partial charge is 0.319 e. The molecular weight excluding hydrogens is 827 g/mol. The Hall–Kier alpha value is -6.71. The Morgan fingerprint density at radius 2 is 1.37 bits per heavy atom. The lowest BCUT2D eigenvalue weighted by atomic mass is 9.82. The molecule has 65 heavy (non-hydrogen) atoms. The molecule has 6 aliphatic heterocycles. The van der Waals surface area contributed by atoms with Gasteiger partial charge in [-0.25, -0.2) is 9.48 Å². The zero-order valence-electron chi connectivity index (χ0n) is 36.5. The molecule has 2 atom stereocenters. The van der Waals surface area contributed by atoms with E-state index in [1.165, 1.54) is 0 Å². The number of benzene rings is 3. The molecule has 0 radical (unpaired) electrons. The number of rotatable bonds is 9. The number of piperidine rings is 4. The van der Waals surface area contributed by atoms with Gasteiger partial charge in [0, 0.05) is 63.5 Å². The van der Waals surface area contributed by atoms with Crippen LogP contribution in [0.1, 0.15) is 101 Å². The van der Waals surface area contributed by atoms with Crippen LogP contribution in [0.4, 0.5) is 16.3 Å². The number of aromatic nitrogens is 2. The Bertz CT molecular complexity index is 2500. The SMILES string of the molecule is NC(=O)c1c(-c2ccc(Oc3ccccc3)cc2)nn2c1NCC[C@H]2C1CCN(C(=O)N2CCC(CC3CCN(c4ccc5c(c4)C(=O)N(C4CCC(=O)NC4=O)C5=O)CC3)CC2)CC1. The largest absolute Gasteiger partial charge is 0.457 e. The highest BCUT2D eigenvalue weighted by molar-refractivity contribution is 6.23. The maximum Gasteiger partial charge on any atom is 0.319 e. The van der Waals surface area contributed by atoms with E-state index in [4.69, 9.17) is 15.6 Å². The van der Waals surface area contributed by atoms with Gasteiger partial charge in [0.25, 0.3) is 17.7 Å². The van der Waals surface area contributed by atoms with Crippen molar-refractivity contribution in [1.29, 1.82) is 0 Å². The highest BCUT2D eigenvalue weighted by atomic mass is 16.5. The van der Waals surface area contributed by atoms with E-state index in [9.17, 15) is 28.8 Å². The third-order valence-corrected chi connectivity index (χ3v) is 14.6. The van der Waals surface area contributed by atoms with Gasteiger partial charge in [-0.15, -0.1) is 0 Å². The van der Waals surface area contributed by atoms with Crippen LogP contribution in [0.15, 0.2) is 72.8 Å². The van der Waals surface area contributed by atoms with E-state index in [1.807, 2.05) is 75.1 Å². The van der Waals surface area contributed by atoms with Gasteiger partial charge in [0.2, 0.25) is 11.8 Å². The monoisotopic (exact) mass is 881 g/mol. The molecule has 7 heterocycles. The van der Waals surface area contributed by atoms with Gasteiger partial charge in [-0.05, 0) is 130 Å². The molecule has 10 rings (SSSR count). The summed E-state index contributed by atoms with van der Waals surface area (Å²) in [5, 5.41) is 10.7. The van der Waals surface area contributed by atoms with E-state index in [0.29, 0.717) is 71.3 Å². The van der Waals surface area contributed by atoms with Crippen molar-refractivity contribution in [2.75, 3.05) is 56.0 Å². The number of urea groups is 1. The molecule has 3 aromatic carbocycles. The van der Waals surface area contributed by atoms with Crippen molar-refractivity contribution in [3.8, 4) is 22.8 Å². The van der Waals surface area contributed by atoms with Crippen LogP contribution in [0.3, 0.4) is 0 Å². The number of nitrogens with one attached hydrogen (secondary N) is 2. The van der Waals surface area contributed by atoms with Gasteiger partial charge in [-0.2, -0.15) is 5.10 Å². The first kappa shape index (κ1) is 42.3. The van der Waals surface area contributed by atoms with E-state index in [0.717, 1.165) is 99.4 Å². The number of likely N-dealkylation sites (tertiary alicyclic amines) is 2. The van der Waals surface area contributed by atoms with E-state index in [-0.39, 0.29) is 24.9 Å². The maximum atomic E-state index is 13.8. The van der Waals surface area contributed by atoms with Crippen LogP contribution in [0.2, 0.25) is 0 Å². The van der Waals surface area contributed by atoms with Crippen LogP contribution in [-0.2, 0) is 9.59 Å². The maximum absolute atomic E-state index is 13.8. The number of imide groups is 2. The van der Waals surface area contributed by atoms with E-state index in [2.05, 4.69) is 15.5 Å². The molecule has 0 aliphatic carbocycles. The number of para-hydroxylation sites is 1. The molecule has 4 N–H and O–H groups in total. The highest BCUT2D eigenvalue weighted by Gasteiger charge is 2.45. The van der Waals surface area contributed by atoms with Crippen LogP contribution < -0.4 is 26.0 Å². The minimum Gasteiger partial charge on any atom is -0.457 e. The molecule has 0 bridgehead atoms. The fourth-order valence-electron chi connectivity index (χ4n) is 11.1. The summed E-state index contributed by atoms with van der Waals surface area (Å²) in [5.74, 6) is 1.04. The quantitative estimate of drug-likeness (QED) is 0.167. The Morgan fingerprint density at radius 3 is 2.05 bits per heavy atom. The molecule has 0 saturated carbocycles. The zero-order valence-corrected chi connectivity index (χ0v) is 36.5. The van der Waals surface area contributed by atoms with Gasteiger partial charge in [-0.1, -0.05) is 18.2 Å². The average molecular weight is 882 g/mol. The van der Waals surface area contributed by atoms with Crippen molar-refractivity contribution in [2.24, 2.45) is 23.5 Å². The molecule has 6 aliphatic rings. The number of nitrogens with two attached hydrogens (primary N) is 1. The predicted molar refractivity (Wildman–Crippen MR) is 241 cm³/mol. The fourth-order valence-corrected chi connectivity index (χ4v) is 11.1. The van der Waals surface area contributed by atoms with E-state index < -0.39 is 35.6 Å². The lowest BCUT2D eigenvalue weighted by molar-refractivity contribution is -0.136. The molecule has 0 spiro atoms. The number of nitrogens with zero attached hydrogens (tertiary/aromatic N) is 6. The predicted octanol–water partition coefficient (Wildman–Crippen LogP) is 6.05. The number of fused-ring (bicyclic) bond motifs is 2. The van der Waals surface area contributed by atoms with Crippen molar-refractivity contribution >= 4 is 47.1 Å². The number of carbonyl (C=O) groups excluding carboxylic acids is 6. The van der Waals surface area contributed by atoms with Gasteiger partial charge in [0.1, 0.15) is 34.6 Å². The fraction of sp³-hybridized carbons (Fsp3) is 0.449. The Kier molecular flexibility index (Phi) is 11.5. The minimum absolute atomic E-state index is 0.0831. The summed E-state index contributed by atoms with van der Waals surface area (Å²) in [7, 11) is 0. The second-order valence-electron chi connectivity index (χ2n) is 18.5. The van der Waals surface area contributed by atoms with Crippen molar-refractivity contribution < 1.29 is 33.5 Å². The second-order valence-corrected chi connectivity index (χ2v) is 18.5. The van der Waals surface area contributed by atoms with Crippen LogP contribution in [0.25, 0.3) is 11.3 Å². The van der Waals surface area contributed by atoms with Gasteiger partial charge < -0.3 is 30.5 Å². The highest BCUT2D eigenvalue weighted by Crippen LogP contribution is 2.41. The second kappa shape index (κ2) is 17.7. The Labute approximate surface area is 377 Å². The number of hydrogen-bond donors (Lipinski definition) is 3. The van der Waals surface area contributed by atoms with Crippen molar-refractivity contribution in [3.05, 3.63) is 89.5 Å².